The SMILES string of the molecule is COc1cccc(CC(Cc2ccc(Br)cn2)NN)c1. The molecule has 2 rings (SSSR count). The Kier molecular flexibility index (Phi) is 5.52. The molecule has 4 nitrogen and oxygen atoms in total. The molecule has 1 aromatic heterocycles. The van der Waals surface area contributed by atoms with E-state index in [1.807, 2.05) is 30.3 Å². The highest BCUT2D eigenvalue weighted by molar-refractivity contribution is 9.10. The van der Waals surface area contributed by atoms with Crippen LogP contribution in [0.5, 0.6) is 5.75 Å². The normalized spacial score (nSPS) is 12.2. The van der Waals surface area contributed by atoms with Gasteiger partial charge in [-0.25, -0.2) is 0 Å². The van der Waals surface area contributed by atoms with E-state index in [4.69, 9.17) is 10.6 Å². The van der Waals surface area contributed by atoms with Crippen LogP contribution in [-0.4, -0.2) is 18.1 Å². The molecule has 0 saturated heterocycles. The van der Waals surface area contributed by atoms with E-state index >= 15 is 0 Å². The van der Waals surface area contributed by atoms with Crippen molar-refractivity contribution in [2.75, 3.05) is 7.11 Å². The van der Waals surface area contributed by atoms with Crippen LogP contribution in [0, 0.1) is 0 Å². The summed E-state index contributed by atoms with van der Waals surface area (Å²) in [5.74, 6) is 6.51. The zero-order chi connectivity index (χ0) is 14.4. The van der Waals surface area contributed by atoms with Crippen molar-refractivity contribution in [1.29, 1.82) is 0 Å². The van der Waals surface area contributed by atoms with Gasteiger partial charge in [-0.2, -0.15) is 0 Å². The van der Waals surface area contributed by atoms with Gasteiger partial charge < -0.3 is 4.74 Å². The molecule has 0 saturated carbocycles. The van der Waals surface area contributed by atoms with Crippen LogP contribution in [0.4, 0.5) is 0 Å². The first kappa shape index (κ1) is 15.0. The second kappa shape index (κ2) is 7.38. The van der Waals surface area contributed by atoms with E-state index in [2.05, 4.69) is 32.4 Å². The molecular weight excluding hydrogens is 318 g/mol. The van der Waals surface area contributed by atoms with Gasteiger partial charge in [0.05, 0.1) is 7.11 Å². The van der Waals surface area contributed by atoms with Gasteiger partial charge in [-0.05, 0) is 52.2 Å². The molecule has 0 radical (unpaired) electrons. The minimum Gasteiger partial charge on any atom is -0.497 e. The van der Waals surface area contributed by atoms with Crippen molar-refractivity contribution >= 4 is 15.9 Å². The first-order valence-electron chi connectivity index (χ1n) is 6.40. The molecule has 5 heteroatoms. The highest BCUT2D eigenvalue weighted by Crippen LogP contribution is 2.15. The van der Waals surface area contributed by atoms with Crippen molar-refractivity contribution in [3.05, 3.63) is 58.3 Å². The molecule has 20 heavy (non-hydrogen) atoms. The Bertz CT molecular complexity index is 545. The van der Waals surface area contributed by atoms with Crippen LogP contribution in [0.1, 0.15) is 11.3 Å². The smallest absolute Gasteiger partial charge is 0.119 e. The number of halogens is 1. The molecule has 1 unspecified atom stereocenters. The van der Waals surface area contributed by atoms with Crippen molar-refractivity contribution in [3.63, 3.8) is 0 Å². The van der Waals surface area contributed by atoms with Crippen LogP contribution < -0.4 is 16.0 Å². The maximum absolute atomic E-state index is 5.65. The van der Waals surface area contributed by atoms with Gasteiger partial charge in [0.25, 0.3) is 0 Å². The second-order valence-corrected chi connectivity index (χ2v) is 5.51. The molecule has 0 aliphatic rings. The zero-order valence-electron chi connectivity index (χ0n) is 11.3. The average Bonchev–Trinajstić information content (AvgIpc) is 2.49. The van der Waals surface area contributed by atoms with E-state index in [0.29, 0.717) is 0 Å². The van der Waals surface area contributed by atoms with E-state index < -0.39 is 0 Å². The molecule has 1 aromatic carbocycles. The number of aromatic nitrogens is 1. The van der Waals surface area contributed by atoms with Crippen molar-refractivity contribution in [2.24, 2.45) is 5.84 Å². The van der Waals surface area contributed by atoms with E-state index in [1.54, 1.807) is 13.3 Å². The molecular formula is C15H18BrN3O. The molecule has 2 aromatic rings. The predicted molar refractivity (Wildman–Crippen MR) is 83.5 cm³/mol. The molecule has 0 aliphatic heterocycles. The molecule has 0 fully saturated rings. The lowest BCUT2D eigenvalue weighted by atomic mass is 10.0. The van der Waals surface area contributed by atoms with E-state index in [1.165, 1.54) is 5.56 Å². The predicted octanol–water partition coefficient (Wildman–Crippen LogP) is 2.47. The summed E-state index contributed by atoms with van der Waals surface area (Å²) >= 11 is 3.38. The van der Waals surface area contributed by atoms with E-state index in [-0.39, 0.29) is 6.04 Å². The Morgan fingerprint density at radius 1 is 1.30 bits per heavy atom. The molecule has 0 aliphatic carbocycles. The number of nitrogens with one attached hydrogen (secondary N) is 1. The van der Waals surface area contributed by atoms with Gasteiger partial charge in [-0.3, -0.25) is 16.3 Å². The lowest BCUT2D eigenvalue weighted by Gasteiger charge is -2.16. The molecule has 3 N–H and O–H groups in total. The van der Waals surface area contributed by atoms with Gasteiger partial charge >= 0.3 is 0 Å². The Labute approximate surface area is 127 Å². The third kappa shape index (κ3) is 4.30. The fraction of sp³-hybridized carbons (Fsp3) is 0.267. The maximum Gasteiger partial charge on any atom is 0.119 e. The van der Waals surface area contributed by atoms with Gasteiger partial charge in [0, 0.05) is 28.8 Å². The number of nitrogens with zero attached hydrogens (tertiary/aromatic N) is 1. The quantitative estimate of drug-likeness (QED) is 0.628. The van der Waals surface area contributed by atoms with Gasteiger partial charge in [0.2, 0.25) is 0 Å². The maximum atomic E-state index is 5.65. The van der Waals surface area contributed by atoms with Crippen LogP contribution in [0.3, 0.4) is 0 Å². The molecule has 0 amide bonds. The molecule has 106 valence electrons. The standard InChI is InChI=1S/C15H18BrN3O/c1-20-15-4-2-3-11(8-15)7-14(19-17)9-13-6-5-12(16)10-18-13/h2-6,8,10,14,19H,7,9,17H2,1H3. The Morgan fingerprint density at radius 2 is 2.15 bits per heavy atom. The van der Waals surface area contributed by atoms with Crippen molar-refractivity contribution in [3.8, 4) is 5.75 Å². The zero-order valence-corrected chi connectivity index (χ0v) is 12.9. The number of nitrogens with two attached hydrogens (primary N) is 1. The van der Waals surface area contributed by atoms with Gasteiger partial charge in [0.15, 0.2) is 0 Å². The summed E-state index contributed by atoms with van der Waals surface area (Å²) in [5, 5.41) is 0. The minimum absolute atomic E-state index is 0.135. The van der Waals surface area contributed by atoms with Gasteiger partial charge in [0.1, 0.15) is 5.75 Å². The molecule has 0 spiro atoms. The van der Waals surface area contributed by atoms with Crippen LogP contribution in [0.15, 0.2) is 47.1 Å². The minimum atomic E-state index is 0.135. The number of benzene rings is 1. The fourth-order valence-corrected chi connectivity index (χ4v) is 2.29. The number of pyridine rings is 1. The van der Waals surface area contributed by atoms with Gasteiger partial charge in [-0.15, -0.1) is 0 Å². The van der Waals surface area contributed by atoms with Crippen molar-refractivity contribution in [2.45, 2.75) is 18.9 Å². The van der Waals surface area contributed by atoms with Crippen molar-refractivity contribution < 1.29 is 4.74 Å². The summed E-state index contributed by atoms with van der Waals surface area (Å²) in [6.45, 7) is 0. The molecule has 1 heterocycles. The Morgan fingerprint density at radius 3 is 2.80 bits per heavy atom. The summed E-state index contributed by atoms with van der Waals surface area (Å²) in [4.78, 5) is 4.37. The summed E-state index contributed by atoms with van der Waals surface area (Å²) in [6, 6.07) is 12.1. The third-order valence-corrected chi connectivity index (χ3v) is 3.57. The van der Waals surface area contributed by atoms with Crippen LogP contribution in [0.25, 0.3) is 0 Å². The number of hydrogen-bond acceptors (Lipinski definition) is 4. The van der Waals surface area contributed by atoms with E-state index in [9.17, 15) is 0 Å². The van der Waals surface area contributed by atoms with Crippen LogP contribution in [-0.2, 0) is 12.8 Å². The lowest BCUT2D eigenvalue weighted by molar-refractivity contribution is 0.413. The summed E-state index contributed by atoms with van der Waals surface area (Å²) in [5.41, 5.74) is 5.06. The summed E-state index contributed by atoms with van der Waals surface area (Å²) in [7, 11) is 1.67. The Hall–Kier alpha value is -1.43. The van der Waals surface area contributed by atoms with Crippen molar-refractivity contribution in [1.82, 2.24) is 10.4 Å². The molecule has 1 atom stereocenters. The highest BCUT2D eigenvalue weighted by atomic mass is 79.9. The first-order chi connectivity index (χ1) is 9.71. The fourth-order valence-electron chi connectivity index (χ4n) is 2.05. The lowest BCUT2D eigenvalue weighted by Crippen LogP contribution is -2.38. The topological polar surface area (TPSA) is 60.2 Å². The number of hydrogen-bond donors (Lipinski definition) is 2. The van der Waals surface area contributed by atoms with Crippen LogP contribution in [0.2, 0.25) is 0 Å². The largest absolute Gasteiger partial charge is 0.497 e. The van der Waals surface area contributed by atoms with Crippen LogP contribution >= 0.6 is 15.9 Å². The highest BCUT2D eigenvalue weighted by Gasteiger charge is 2.10. The summed E-state index contributed by atoms with van der Waals surface area (Å²) in [6.07, 6.45) is 3.40. The Balaban J connectivity index is 2.02. The first-order valence-corrected chi connectivity index (χ1v) is 7.20. The monoisotopic (exact) mass is 335 g/mol. The number of methoxy groups -OCH3 is 1. The number of rotatable bonds is 6. The molecule has 0 bridgehead atoms. The summed E-state index contributed by atoms with van der Waals surface area (Å²) < 4.78 is 6.21. The third-order valence-electron chi connectivity index (χ3n) is 3.10. The number of ether oxygens (including phenoxy) is 1. The second-order valence-electron chi connectivity index (χ2n) is 4.59. The number of hydrazine groups is 1. The van der Waals surface area contributed by atoms with Gasteiger partial charge in [-0.1, -0.05) is 12.1 Å². The van der Waals surface area contributed by atoms with E-state index in [0.717, 1.165) is 28.8 Å². The average molecular weight is 336 g/mol.